The average molecular weight is 495 g/mol. The van der Waals surface area contributed by atoms with Crippen molar-refractivity contribution in [2.75, 3.05) is 33.3 Å². The predicted octanol–water partition coefficient (Wildman–Crippen LogP) is 5.29. The fourth-order valence-corrected chi connectivity index (χ4v) is 5.03. The number of rotatable bonds is 9. The molecule has 190 valence electrons. The maximum Gasteiger partial charge on any atom is 0.171 e. The number of hydrogen-bond donors (Lipinski definition) is 1. The molecule has 37 heavy (non-hydrogen) atoms. The summed E-state index contributed by atoms with van der Waals surface area (Å²) in [6.45, 7) is 4.56. The molecule has 1 saturated heterocycles. The van der Waals surface area contributed by atoms with Crippen LogP contribution >= 0.6 is 0 Å². The molecule has 1 N–H and O–H groups in total. The summed E-state index contributed by atoms with van der Waals surface area (Å²) in [5.74, 6) is 1.49. The van der Waals surface area contributed by atoms with E-state index in [2.05, 4.69) is 34.1 Å². The van der Waals surface area contributed by atoms with E-state index in [4.69, 9.17) is 9.47 Å². The first-order valence-corrected chi connectivity index (χ1v) is 12.8. The summed E-state index contributed by atoms with van der Waals surface area (Å²) in [6.07, 6.45) is 0. The lowest BCUT2D eigenvalue weighted by Gasteiger charge is -2.45. The van der Waals surface area contributed by atoms with Gasteiger partial charge in [0, 0.05) is 43.9 Å². The van der Waals surface area contributed by atoms with Gasteiger partial charge in [0.2, 0.25) is 0 Å². The Balaban J connectivity index is 1.25. The third kappa shape index (κ3) is 5.70. The van der Waals surface area contributed by atoms with Gasteiger partial charge in [-0.25, -0.2) is 0 Å². The molecule has 4 aromatic rings. The van der Waals surface area contributed by atoms with Gasteiger partial charge in [-0.2, -0.15) is 0 Å². The molecule has 0 aromatic heterocycles. The lowest BCUT2D eigenvalue weighted by molar-refractivity contribution is -0.100. The first kappa shape index (κ1) is 25.0. The van der Waals surface area contributed by atoms with Crippen molar-refractivity contribution in [3.05, 3.63) is 131 Å². The van der Waals surface area contributed by atoms with Gasteiger partial charge in [-0.3, -0.25) is 9.80 Å². The van der Waals surface area contributed by atoms with Crippen LogP contribution in [0.15, 0.2) is 109 Å². The smallest absolute Gasteiger partial charge is 0.171 e. The summed E-state index contributed by atoms with van der Waals surface area (Å²) in [5, 5.41) is 12.1. The predicted molar refractivity (Wildman–Crippen MR) is 147 cm³/mol. The quantitative estimate of drug-likeness (QED) is 0.343. The number of aliphatic hydroxyl groups is 1. The van der Waals surface area contributed by atoms with E-state index in [-0.39, 0.29) is 0 Å². The minimum Gasteiger partial charge on any atom is -0.493 e. The zero-order chi connectivity index (χ0) is 25.5. The lowest BCUT2D eigenvalue weighted by atomic mass is 9.92. The molecule has 0 bridgehead atoms. The van der Waals surface area contributed by atoms with Crippen molar-refractivity contribution in [3.8, 4) is 11.5 Å². The highest BCUT2D eigenvalue weighted by molar-refractivity contribution is 5.43. The van der Waals surface area contributed by atoms with E-state index < -0.39 is 5.72 Å². The third-order valence-corrected chi connectivity index (χ3v) is 7.05. The highest BCUT2D eigenvalue weighted by atomic mass is 16.5. The first-order valence-electron chi connectivity index (χ1n) is 12.8. The number of methoxy groups -OCH3 is 1. The van der Waals surface area contributed by atoms with Crippen LogP contribution in [-0.2, 0) is 18.9 Å². The Labute approximate surface area is 219 Å². The molecule has 0 aliphatic carbocycles. The third-order valence-electron chi connectivity index (χ3n) is 7.05. The Morgan fingerprint density at radius 2 is 1.24 bits per heavy atom. The van der Waals surface area contributed by atoms with Gasteiger partial charge in [0.15, 0.2) is 17.2 Å². The Kier molecular flexibility index (Phi) is 7.85. The van der Waals surface area contributed by atoms with Gasteiger partial charge in [-0.1, -0.05) is 97.1 Å². The Hall–Kier alpha value is -3.64. The zero-order valence-corrected chi connectivity index (χ0v) is 21.3. The van der Waals surface area contributed by atoms with E-state index in [1.165, 1.54) is 5.56 Å². The van der Waals surface area contributed by atoms with Gasteiger partial charge in [0.1, 0.15) is 6.61 Å². The van der Waals surface area contributed by atoms with Crippen LogP contribution in [0.3, 0.4) is 0 Å². The number of ether oxygens (including phenoxy) is 2. The molecule has 1 aliphatic heterocycles. The topological polar surface area (TPSA) is 45.2 Å². The second kappa shape index (κ2) is 11.6. The maximum atomic E-state index is 12.1. The zero-order valence-electron chi connectivity index (χ0n) is 21.3. The Morgan fingerprint density at radius 1 is 0.676 bits per heavy atom. The molecule has 0 radical (unpaired) electrons. The molecule has 4 aromatic carbocycles. The molecule has 1 heterocycles. The molecule has 0 amide bonds. The molecule has 5 heteroatoms. The fraction of sp³-hybridized carbons (Fsp3) is 0.250. The minimum absolute atomic E-state index is 0.504. The van der Waals surface area contributed by atoms with E-state index in [9.17, 15) is 5.11 Å². The van der Waals surface area contributed by atoms with E-state index in [1.807, 2.05) is 84.9 Å². The second-order valence-electron chi connectivity index (χ2n) is 9.43. The summed E-state index contributed by atoms with van der Waals surface area (Å²) in [4.78, 5) is 4.61. The molecule has 0 atom stereocenters. The van der Waals surface area contributed by atoms with Gasteiger partial charge in [0.05, 0.1) is 7.11 Å². The number of nitrogens with zero attached hydrogens (tertiary/aromatic N) is 2. The van der Waals surface area contributed by atoms with Crippen LogP contribution in [-0.4, -0.2) is 48.2 Å². The van der Waals surface area contributed by atoms with Crippen molar-refractivity contribution in [2.24, 2.45) is 0 Å². The van der Waals surface area contributed by atoms with Crippen molar-refractivity contribution in [3.63, 3.8) is 0 Å². The van der Waals surface area contributed by atoms with E-state index in [0.717, 1.165) is 60.9 Å². The molecule has 5 rings (SSSR count). The molecule has 1 fully saturated rings. The average Bonchev–Trinajstić information content (AvgIpc) is 2.98. The van der Waals surface area contributed by atoms with Crippen LogP contribution in [0.4, 0.5) is 0 Å². The van der Waals surface area contributed by atoms with Gasteiger partial charge in [-0.05, 0) is 23.3 Å². The SMILES string of the molecule is COc1cc(CN2CCN(C(O)(c3ccccc3)c3ccccc3)CC2)ccc1OCc1ccccc1. The van der Waals surface area contributed by atoms with Gasteiger partial charge >= 0.3 is 0 Å². The normalized spacial score (nSPS) is 14.9. The van der Waals surface area contributed by atoms with Crippen molar-refractivity contribution in [1.82, 2.24) is 9.80 Å². The highest BCUT2D eigenvalue weighted by Gasteiger charge is 2.39. The van der Waals surface area contributed by atoms with Gasteiger partial charge in [-0.15, -0.1) is 0 Å². The Bertz CT molecular complexity index is 1220. The lowest BCUT2D eigenvalue weighted by Crippen LogP contribution is -2.55. The van der Waals surface area contributed by atoms with Crippen molar-refractivity contribution in [2.45, 2.75) is 18.9 Å². The minimum atomic E-state index is -1.16. The van der Waals surface area contributed by atoms with E-state index in [0.29, 0.717) is 6.61 Å². The molecule has 5 nitrogen and oxygen atoms in total. The van der Waals surface area contributed by atoms with Crippen LogP contribution in [0.2, 0.25) is 0 Å². The number of hydrogen-bond acceptors (Lipinski definition) is 5. The number of benzene rings is 4. The second-order valence-corrected chi connectivity index (χ2v) is 9.43. The summed E-state index contributed by atoms with van der Waals surface area (Å²) in [5.41, 5.74) is 2.93. The summed E-state index contributed by atoms with van der Waals surface area (Å²) < 4.78 is 11.7. The van der Waals surface area contributed by atoms with Gasteiger partial charge in [0.25, 0.3) is 0 Å². The van der Waals surface area contributed by atoms with Crippen LogP contribution in [0, 0.1) is 0 Å². The highest BCUT2D eigenvalue weighted by Crippen LogP contribution is 2.35. The van der Waals surface area contributed by atoms with Crippen molar-refractivity contribution in [1.29, 1.82) is 0 Å². The van der Waals surface area contributed by atoms with Crippen LogP contribution < -0.4 is 9.47 Å². The van der Waals surface area contributed by atoms with Crippen LogP contribution in [0.25, 0.3) is 0 Å². The standard InChI is InChI=1S/C32H34N2O3/c1-36-31-23-27(17-18-30(31)37-25-26-11-5-2-6-12-26)24-33-19-21-34(22-20-33)32(35,28-13-7-3-8-14-28)29-15-9-4-10-16-29/h2-18,23,35H,19-22,24-25H2,1H3. The summed E-state index contributed by atoms with van der Waals surface area (Å²) in [7, 11) is 1.68. The molecule has 0 spiro atoms. The largest absolute Gasteiger partial charge is 0.493 e. The first-order chi connectivity index (χ1) is 18.2. The van der Waals surface area contributed by atoms with Crippen LogP contribution in [0.5, 0.6) is 11.5 Å². The maximum absolute atomic E-state index is 12.1. The Morgan fingerprint density at radius 3 is 1.81 bits per heavy atom. The molecule has 1 aliphatic rings. The summed E-state index contributed by atoms with van der Waals surface area (Å²) >= 11 is 0. The van der Waals surface area contributed by atoms with Crippen molar-refractivity contribution < 1.29 is 14.6 Å². The van der Waals surface area contributed by atoms with Crippen LogP contribution in [0.1, 0.15) is 22.3 Å². The van der Waals surface area contributed by atoms with E-state index >= 15 is 0 Å². The fourth-order valence-electron chi connectivity index (χ4n) is 5.03. The van der Waals surface area contributed by atoms with E-state index in [1.54, 1.807) is 7.11 Å². The number of piperazine rings is 1. The summed E-state index contributed by atoms with van der Waals surface area (Å²) in [6, 6.07) is 36.3. The molecular weight excluding hydrogens is 460 g/mol. The molecule has 0 unspecified atom stereocenters. The van der Waals surface area contributed by atoms with Crippen molar-refractivity contribution >= 4 is 0 Å². The monoisotopic (exact) mass is 494 g/mol. The molecule has 0 saturated carbocycles. The molecular formula is C32H34N2O3. The van der Waals surface area contributed by atoms with Gasteiger partial charge < -0.3 is 14.6 Å².